The zero-order chi connectivity index (χ0) is 19.1. The van der Waals surface area contributed by atoms with Crippen molar-refractivity contribution in [3.63, 3.8) is 0 Å². The van der Waals surface area contributed by atoms with Gasteiger partial charge in [-0.2, -0.15) is 13.9 Å². The second-order valence-corrected chi connectivity index (χ2v) is 6.32. The Balaban J connectivity index is 2.01. The largest absolute Gasteiger partial charge is 0.434 e. The summed E-state index contributed by atoms with van der Waals surface area (Å²) in [6.07, 6.45) is 0. The monoisotopic (exact) mass is 377 g/mol. The zero-order valence-electron chi connectivity index (χ0n) is 14.8. The van der Waals surface area contributed by atoms with Gasteiger partial charge >= 0.3 is 6.61 Å². The summed E-state index contributed by atoms with van der Waals surface area (Å²) in [6.45, 7) is 3.04. The van der Waals surface area contributed by atoms with Crippen LogP contribution in [0.2, 0.25) is 0 Å². The molecule has 0 fully saturated rings. The molecular formula is C19H21F2N3OS. The van der Waals surface area contributed by atoms with Crippen LogP contribution in [0.25, 0.3) is 0 Å². The average Bonchev–Trinajstić information content (AvgIpc) is 2.60. The summed E-state index contributed by atoms with van der Waals surface area (Å²) in [5, 5.41) is 7.47. The van der Waals surface area contributed by atoms with E-state index in [0.29, 0.717) is 22.3 Å². The molecule has 0 atom stereocenters. The zero-order valence-corrected chi connectivity index (χ0v) is 15.6. The summed E-state index contributed by atoms with van der Waals surface area (Å²) in [5.41, 5.74) is 5.72. The molecule has 7 heteroatoms. The minimum atomic E-state index is -2.89. The molecule has 0 saturated heterocycles. The number of anilines is 1. The van der Waals surface area contributed by atoms with E-state index >= 15 is 0 Å². The van der Waals surface area contributed by atoms with Crippen LogP contribution in [0.5, 0.6) is 5.75 Å². The van der Waals surface area contributed by atoms with Gasteiger partial charge in [-0.1, -0.05) is 38.1 Å². The van der Waals surface area contributed by atoms with Gasteiger partial charge in [0.25, 0.3) is 0 Å². The van der Waals surface area contributed by atoms with Crippen molar-refractivity contribution >= 4 is 28.7 Å². The van der Waals surface area contributed by atoms with Gasteiger partial charge in [-0.15, -0.1) is 0 Å². The number of halogens is 2. The number of hydrogen-bond donors (Lipinski definition) is 2. The van der Waals surface area contributed by atoms with Crippen LogP contribution in [0.4, 0.5) is 14.5 Å². The van der Waals surface area contributed by atoms with Crippen LogP contribution >= 0.6 is 12.2 Å². The summed E-state index contributed by atoms with van der Waals surface area (Å²) in [7, 11) is 0. The van der Waals surface area contributed by atoms with Crippen LogP contribution in [0.1, 0.15) is 37.8 Å². The third-order valence-electron chi connectivity index (χ3n) is 3.65. The molecule has 0 aliphatic rings. The van der Waals surface area contributed by atoms with E-state index in [2.05, 4.69) is 34.4 Å². The maximum Gasteiger partial charge on any atom is 0.387 e. The second kappa shape index (κ2) is 9.24. The third kappa shape index (κ3) is 5.77. The Labute approximate surface area is 157 Å². The van der Waals surface area contributed by atoms with E-state index < -0.39 is 6.61 Å². The van der Waals surface area contributed by atoms with Crippen LogP contribution in [0.15, 0.2) is 53.6 Å². The summed E-state index contributed by atoms with van der Waals surface area (Å²) in [6, 6.07) is 14.4. The first kappa shape index (κ1) is 19.8. The van der Waals surface area contributed by atoms with E-state index in [4.69, 9.17) is 12.2 Å². The van der Waals surface area contributed by atoms with Crippen LogP contribution in [-0.2, 0) is 0 Å². The number of nitrogens with one attached hydrogen (secondary N) is 2. The average molecular weight is 377 g/mol. The number of nitrogens with zero attached hydrogens (tertiary/aromatic N) is 1. The predicted molar refractivity (Wildman–Crippen MR) is 105 cm³/mol. The number of benzene rings is 2. The first-order chi connectivity index (χ1) is 12.4. The molecule has 0 amide bonds. The fourth-order valence-corrected chi connectivity index (χ4v) is 2.43. The van der Waals surface area contributed by atoms with Crippen molar-refractivity contribution in [2.45, 2.75) is 33.3 Å². The van der Waals surface area contributed by atoms with E-state index in [1.54, 1.807) is 25.1 Å². The lowest BCUT2D eigenvalue weighted by Crippen LogP contribution is -2.25. The Morgan fingerprint density at radius 3 is 2.35 bits per heavy atom. The number of thiocarbonyl (C=S) groups is 1. The van der Waals surface area contributed by atoms with Crippen LogP contribution in [0.3, 0.4) is 0 Å². The van der Waals surface area contributed by atoms with Gasteiger partial charge in [0.2, 0.25) is 0 Å². The molecule has 2 N–H and O–H groups in total. The fraction of sp³-hybridized carbons (Fsp3) is 0.263. The lowest BCUT2D eigenvalue weighted by Gasteiger charge is -2.12. The van der Waals surface area contributed by atoms with Crippen LogP contribution in [-0.4, -0.2) is 17.4 Å². The molecule has 0 unspecified atom stereocenters. The molecular weight excluding hydrogens is 356 g/mol. The molecule has 2 rings (SSSR count). The fourth-order valence-electron chi connectivity index (χ4n) is 2.27. The highest BCUT2D eigenvalue weighted by atomic mass is 32.1. The van der Waals surface area contributed by atoms with Crippen LogP contribution in [0, 0.1) is 0 Å². The predicted octanol–water partition coefficient (Wildman–Crippen LogP) is 5.12. The third-order valence-corrected chi connectivity index (χ3v) is 3.85. The molecule has 0 saturated carbocycles. The van der Waals surface area contributed by atoms with Gasteiger partial charge in [-0.05, 0) is 54.9 Å². The normalized spacial score (nSPS) is 11.6. The van der Waals surface area contributed by atoms with Gasteiger partial charge in [-0.3, -0.25) is 5.43 Å². The maximum atomic E-state index is 12.5. The number of rotatable bonds is 6. The highest BCUT2D eigenvalue weighted by Crippen LogP contribution is 2.21. The first-order valence-corrected chi connectivity index (χ1v) is 8.53. The van der Waals surface area contributed by atoms with E-state index in [1.807, 2.05) is 24.3 Å². The second-order valence-electron chi connectivity index (χ2n) is 5.91. The maximum absolute atomic E-state index is 12.5. The molecule has 0 bridgehead atoms. The Bertz CT molecular complexity index is 777. The minimum Gasteiger partial charge on any atom is -0.434 e. The van der Waals surface area contributed by atoms with Crippen molar-refractivity contribution in [2.75, 3.05) is 5.32 Å². The molecule has 26 heavy (non-hydrogen) atoms. The van der Waals surface area contributed by atoms with Crippen LogP contribution < -0.4 is 15.5 Å². The SMILES string of the molecule is C/C(=N/NC(=S)Nc1ccc(C(C)C)cc1)c1ccccc1OC(F)F. The molecule has 0 aliphatic carbocycles. The van der Waals surface area contributed by atoms with Gasteiger partial charge in [0.1, 0.15) is 5.75 Å². The Hall–Kier alpha value is -2.54. The van der Waals surface area contributed by atoms with Gasteiger partial charge in [0.15, 0.2) is 5.11 Å². The number of hydrazone groups is 1. The molecule has 0 aliphatic heterocycles. The molecule has 0 heterocycles. The highest BCUT2D eigenvalue weighted by Gasteiger charge is 2.11. The number of para-hydroxylation sites is 1. The first-order valence-electron chi connectivity index (χ1n) is 8.12. The van der Waals surface area contributed by atoms with Crippen molar-refractivity contribution in [3.8, 4) is 5.75 Å². The van der Waals surface area contributed by atoms with Crippen molar-refractivity contribution in [2.24, 2.45) is 5.10 Å². The molecule has 2 aromatic rings. The van der Waals surface area contributed by atoms with E-state index in [1.165, 1.54) is 11.6 Å². The lowest BCUT2D eigenvalue weighted by atomic mass is 10.0. The van der Waals surface area contributed by atoms with Gasteiger partial charge < -0.3 is 10.1 Å². The molecule has 138 valence electrons. The molecule has 0 radical (unpaired) electrons. The van der Waals surface area contributed by atoms with Gasteiger partial charge in [-0.25, -0.2) is 0 Å². The smallest absolute Gasteiger partial charge is 0.387 e. The van der Waals surface area contributed by atoms with Gasteiger partial charge in [0, 0.05) is 11.3 Å². The van der Waals surface area contributed by atoms with Crippen molar-refractivity contribution in [3.05, 3.63) is 59.7 Å². The van der Waals surface area contributed by atoms with Crippen molar-refractivity contribution in [1.82, 2.24) is 5.43 Å². The summed E-state index contributed by atoms with van der Waals surface area (Å²) in [5.74, 6) is 0.519. The quantitative estimate of drug-likeness (QED) is 0.417. The van der Waals surface area contributed by atoms with E-state index in [0.717, 1.165) is 5.69 Å². The molecule has 0 spiro atoms. The van der Waals surface area contributed by atoms with E-state index in [9.17, 15) is 8.78 Å². The number of hydrogen-bond acceptors (Lipinski definition) is 3. The number of ether oxygens (including phenoxy) is 1. The highest BCUT2D eigenvalue weighted by molar-refractivity contribution is 7.80. The molecule has 0 aromatic heterocycles. The standard InChI is InChI=1S/C19H21F2N3OS/c1-12(2)14-8-10-15(11-9-14)22-19(26)24-23-13(3)16-6-4-5-7-17(16)25-18(20)21/h4-12,18H,1-3H3,(H2,22,24,26)/b23-13-. The lowest BCUT2D eigenvalue weighted by molar-refractivity contribution is -0.0499. The van der Waals surface area contributed by atoms with Crippen molar-refractivity contribution in [1.29, 1.82) is 0 Å². The topological polar surface area (TPSA) is 45.7 Å². The molecule has 2 aromatic carbocycles. The Kier molecular flexibility index (Phi) is 7.03. The molecule has 4 nitrogen and oxygen atoms in total. The van der Waals surface area contributed by atoms with E-state index in [-0.39, 0.29) is 5.75 Å². The summed E-state index contributed by atoms with van der Waals surface area (Å²) < 4.78 is 29.5. The summed E-state index contributed by atoms with van der Waals surface area (Å²) in [4.78, 5) is 0. The minimum absolute atomic E-state index is 0.0636. The number of alkyl halides is 2. The van der Waals surface area contributed by atoms with Crippen molar-refractivity contribution < 1.29 is 13.5 Å². The van der Waals surface area contributed by atoms with Gasteiger partial charge in [0.05, 0.1) is 5.71 Å². The Morgan fingerprint density at radius 2 is 1.73 bits per heavy atom. The summed E-state index contributed by atoms with van der Waals surface area (Å²) >= 11 is 5.21. The Morgan fingerprint density at radius 1 is 1.08 bits per heavy atom.